The van der Waals surface area contributed by atoms with Crippen LogP contribution in [0.1, 0.15) is 40.0 Å². The first-order valence-corrected chi connectivity index (χ1v) is 4.63. The van der Waals surface area contributed by atoms with Crippen LogP contribution in [0.15, 0.2) is 0 Å². The number of halogens is 1. The zero-order valence-electron chi connectivity index (χ0n) is 8.06. The summed E-state index contributed by atoms with van der Waals surface area (Å²) < 4.78 is 13.4. The van der Waals surface area contributed by atoms with Gasteiger partial charge >= 0.3 is 0 Å². The lowest BCUT2D eigenvalue weighted by atomic mass is 9.75. The Hall–Kier alpha value is -0.400. The average Bonchev–Trinajstić information content (AvgIpc) is 1.83. The van der Waals surface area contributed by atoms with Crippen molar-refractivity contribution in [3.63, 3.8) is 0 Å². The molecule has 0 aromatic carbocycles. The third-order valence-electron chi connectivity index (χ3n) is 2.72. The van der Waals surface area contributed by atoms with Gasteiger partial charge in [0, 0.05) is 6.42 Å². The second-order valence-corrected chi connectivity index (χ2v) is 4.47. The molecular formula is C10H17FO. The van der Waals surface area contributed by atoms with E-state index in [0.717, 1.165) is 12.8 Å². The number of hydrogen-bond donors (Lipinski definition) is 0. The number of carbonyl (C=O) groups is 1. The largest absolute Gasteiger partial charge is 0.299 e. The van der Waals surface area contributed by atoms with Crippen LogP contribution >= 0.6 is 0 Å². The van der Waals surface area contributed by atoms with Crippen LogP contribution in [0.5, 0.6) is 0 Å². The molecule has 1 aliphatic carbocycles. The topological polar surface area (TPSA) is 17.1 Å². The van der Waals surface area contributed by atoms with Gasteiger partial charge in [-0.05, 0) is 32.6 Å². The van der Waals surface area contributed by atoms with E-state index in [9.17, 15) is 9.18 Å². The summed E-state index contributed by atoms with van der Waals surface area (Å²) in [7, 11) is 0. The van der Waals surface area contributed by atoms with Crippen LogP contribution in [-0.2, 0) is 4.79 Å². The SMILES string of the molecule is C[C@@H]1CC[C@@H](C(C)(C)F)C(=O)C1. The zero-order chi connectivity index (χ0) is 9.35. The fourth-order valence-electron chi connectivity index (χ4n) is 1.93. The molecule has 0 radical (unpaired) electrons. The second-order valence-electron chi connectivity index (χ2n) is 4.47. The van der Waals surface area contributed by atoms with Gasteiger partial charge < -0.3 is 0 Å². The first kappa shape index (κ1) is 9.69. The van der Waals surface area contributed by atoms with Gasteiger partial charge in [0.05, 0.1) is 5.92 Å². The van der Waals surface area contributed by atoms with Crippen LogP contribution in [0.2, 0.25) is 0 Å². The van der Waals surface area contributed by atoms with E-state index >= 15 is 0 Å². The Morgan fingerprint density at radius 3 is 2.42 bits per heavy atom. The van der Waals surface area contributed by atoms with E-state index < -0.39 is 5.67 Å². The van der Waals surface area contributed by atoms with Gasteiger partial charge in [0.25, 0.3) is 0 Å². The number of carbonyl (C=O) groups excluding carboxylic acids is 1. The first-order chi connectivity index (χ1) is 5.41. The minimum absolute atomic E-state index is 0.112. The van der Waals surface area contributed by atoms with Gasteiger partial charge in [0.15, 0.2) is 0 Å². The van der Waals surface area contributed by atoms with E-state index in [1.54, 1.807) is 0 Å². The summed E-state index contributed by atoms with van der Waals surface area (Å²) in [5, 5.41) is 0. The van der Waals surface area contributed by atoms with E-state index in [4.69, 9.17) is 0 Å². The van der Waals surface area contributed by atoms with Crippen molar-refractivity contribution in [1.82, 2.24) is 0 Å². The zero-order valence-corrected chi connectivity index (χ0v) is 8.06. The van der Waals surface area contributed by atoms with Crippen molar-refractivity contribution in [2.45, 2.75) is 45.7 Å². The highest BCUT2D eigenvalue weighted by Crippen LogP contribution is 2.34. The Labute approximate surface area is 73.3 Å². The van der Waals surface area contributed by atoms with E-state index in [0.29, 0.717) is 12.3 Å². The number of Topliss-reactive ketones (excluding diaryl/α,β-unsaturated/α-hetero) is 1. The van der Waals surface area contributed by atoms with Crippen LogP contribution in [0, 0.1) is 11.8 Å². The predicted molar refractivity (Wildman–Crippen MR) is 46.7 cm³/mol. The van der Waals surface area contributed by atoms with Crippen LogP contribution in [0.4, 0.5) is 4.39 Å². The van der Waals surface area contributed by atoms with Gasteiger partial charge in [-0.3, -0.25) is 4.79 Å². The fourth-order valence-corrected chi connectivity index (χ4v) is 1.93. The molecule has 1 nitrogen and oxygen atoms in total. The van der Waals surface area contributed by atoms with Crippen LogP contribution in [0.3, 0.4) is 0 Å². The molecule has 0 bridgehead atoms. The maximum atomic E-state index is 13.4. The second kappa shape index (κ2) is 3.15. The Morgan fingerprint density at radius 2 is 2.00 bits per heavy atom. The summed E-state index contributed by atoms with van der Waals surface area (Å²) in [6.07, 6.45) is 2.28. The Balaban J connectivity index is 2.63. The first-order valence-electron chi connectivity index (χ1n) is 4.63. The summed E-state index contributed by atoms with van der Waals surface area (Å²) in [6.45, 7) is 5.07. The molecule has 70 valence electrons. The summed E-state index contributed by atoms with van der Waals surface area (Å²) in [6, 6.07) is 0. The molecule has 0 unspecified atom stereocenters. The lowest BCUT2D eigenvalue weighted by molar-refractivity contribution is -0.130. The highest BCUT2D eigenvalue weighted by Gasteiger charge is 2.37. The molecule has 2 heteroatoms. The van der Waals surface area contributed by atoms with Crippen molar-refractivity contribution in [3.05, 3.63) is 0 Å². The molecule has 1 aliphatic rings. The Kier molecular flexibility index (Phi) is 2.55. The van der Waals surface area contributed by atoms with Crippen molar-refractivity contribution in [3.8, 4) is 0 Å². The van der Waals surface area contributed by atoms with Crippen molar-refractivity contribution in [2.24, 2.45) is 11.8 Å². The number of alkyl halides is 1. The minimum Gasteiger partial charge on any atom is -0.299 e. The van der Waals surface area contributed by atoms with E-state index in [1.165, 1.54) is 13.8 Å². The maximum Gasteiger partial charge on any atom is 0.139 e. The van der Waals surface area contributed by atoms with E-state index in [-0.39, 0.29) is 11.7 Å². The third kappa shape index (κ3) is 2.05. The van der Waals surface area contributed by atoms with Crippen molar-refractivity contribution in [1.29, 1.82) is 0 Å². The summed E-state index contributed by atoms with van der Waals surface area (Å²) >= 11 is 0. The predicted octanol–water partition coefficient (Wildman–Crippen LogP) is 2.74. The van der Waals surface area contributed by atoms with Crippen molar-refractivity contribution in [2.75, 3.05) is 0 Å². The number of rotatable bonds is 1. The quantitative estimate of drug-likeness (QED) is 0.594. The molecule has 0 saturated heterocycles. The lowest BCUT2D eigenvalue weighted by Gasteiger charge is -2.31. The molecule has 0 aliphatic heterocycles. The minimum atomic E-state index is -1.32. The van der Waals surface area contributed by atoms with Gasteiger partial charge in [0.2, 0.25) is 0 Å². The average molecular weight is 172 g/mol. The van der Waals surface area contributed by atoms with Gasteiger partial charge in [-0.25, -0.2) is 4.39 Å². The molecule has 0 amide bonds. The molecule has 1 saturated carbocycles. The molecule has 0 N–H and O–H groups in total. The lowest BCUT2D eigenvalue weighted by Crippen LogP contribution is -2.36. The molecule has 2 atom stereocenters. The van der Waals surface area contributed by atoms with Crippen molar-refractivity contribution >= 4 is 5.78 Å². The third-order valence-corrected chi connectivity index (χ3v) is 2.72. The van der Waals surface area contributed by atoms with E-state index in [1.807, 2.05) is 0 Å². The van der Waals surface area contributed by atoms with Gasteiger partial charge in [-0.15, -0.1) is 0 Å². The van der Waals surface area contributed by atoms with Crippen molar-refractivity contribution < 1.29 is 9.18 Å². The van der Waals surface area contributed by atoms with Gasteiger partial charge in [0.1, 0.15) is 11.5 Å². The molecule has 1 fully saturated rings. The van der Waals surface area contributed by atoms with Crippen LogP contribution < -0.4 is 0 Å². The molecule has 0 aromatic heterocycles. The summed E-state index contributed by atoms with van der Waals surface area (Å²) in [5.74, 6) is 0.214. The van der Waals surface area contributed by atoms with Crippen LogP contribution in [-0.4, -0.2) is 11.5 Å². The standard InChI is InChI=1S/C10H17FO/c1-7-4-5-8(9(12)6-7)10(2,3)11/h7-8H,4-6H2,1-3H3/t7-,8-/m1/s1. The Bertz CT molecular complexity index is 181. The van der Waals surface area contributed by atoms with E-state index in [2.05, 4.69) is 6.92 Å². The molecule has 0 aromatic rings. The molecule has 0 spiro atoms. The summed E-state index contributed by atoms with van der Waals surface area (Å²) in [4.78, 5) is 11.4. The fraction of sp³-hybridized carbons (Fsp3) is 0.900. The molecule has 1 rings (SSSR count). The van der Waals surface area contributed by atoms with Gasteiger partial charge in [-0.2, -0.15) is 0 Å². The highest BCUT2D eigenvalue weighted by atomic mass is 19.1. The summed E-state index contributed by atoms with van der Waals surface area (Å²) in [5.41, 5.74) is -1.32. The molecular weight excluding hydrogens is 155 g/mol. The maximum absolute atomic E-state index is 13.4. The number of ketones is 1. The Morgan fingerprint density at radius 1 is 1.42 bits per heavy atom. The highest BCUT2D eigenvalue weighted by molar-refractivity contribution is 5.83. The normalized spacial score (nSPS) is 32.2. The molecule has 12 heavy (non-hydrogen) atoms. The number of hydrogen-bond acceptors (Lipinski definition) is 1. The van der Waals surface area contributed by atoms with Gasteiger partial charge in [-0.1, -0.05) is 6.92 Å². The monoisotopic (exact) mass is 172 g/mol. The molecule has 0 heterocycles. The smallest absolute Gasteiger partial charge is 0.139 e. The van der Waals surface area contributed by atoms with Crippen LogP contribution in [0.25, 0.3) is 0 Å².